The van der Waals surface area contributed by atoms with Crippen LogP contribution in [0.5, 0.6) is 5.75 Å². The molecular weight excluding hydrogens is 406 g/mol. The first-order valence-corrected chi connectivity index (χ1v) is 9.58. The van der Waals surface area contributed by atoms with E-state index in [9.17, 15) is 19.5 Å². The maximum Gasteiger partial charge on any atom is 0.332 e. The van der Waals surface area contributed by atoms with E-state index >= 15 is 0 Å². The topological polar surface area (TPSA) is 130 Å². The van der Waals surface area contributed by atoms with Crippen molar-refractivity contribution in [3.63, 3.8) is 0 Å². The Hall–Kier alpha value is -3.60. The zero-order valence-electron chi connectivity index (χ0n) is 17.8. The zero-order valence-corrected chi connectivity index (χ0v) is 17.8. The van der Waals surface area contributed by atoms with Gasteiger partial charge >= 0.3 is 11.7 Å². The maximum atomic E-state index is 12.8. The number of fused-ring (bicyclic) bond motifs is 1. The molecule has 0 bridgehead atoms. The molecule has 1 aromatic carbocycles. The van der Waals surface area contributed by atoms with Gasteiger partial charge in [0.15, 0.2) is 11.2 Å². The Morgan fingerprint density at radius 2 is 1.94 bits per heavy atom. The van der Waals surface area contributed by atoms with Gasteiger partial charge in [0.25, 0.3) is 5.56 Å². The summed E-state index contributed by atoms with van der Waals surface area (Å²) < 4.78 is 13.9. The molecule has 2 aromatic heterocycles. The minimum Gasteiger partial charge on any atom is -0.491 e. The fourth-order valence-electron chi connectivity index (χ4n) is 3.15. The second kappa shape index (κ2) is 9.04. The van der Waals surface area contributed by atoms with Gasteiger partial charge in [-0.15, -0.1) is 0 Å². The van der Waals surface area contributed by atoms with Crippen LogP contribution in [0.1, 0.15) is 5.56 Å². The third-order valence-electron chi connectivity index (χ3n) is 4.88. The number of aromatic nitrogens is 4. The molecule has 0 radical (unpaired) electrons. The Balaban J connectivity index is 1.96. The number of aliphatic hydroxyl groups is 1. The van der Waals surface area contributed by atoms with Gasteiger partial charge < -0.3 is 24.5 Å². The second-order valence-corrected chi connectivity index (χ2v) is 7.08. The number of carbonyl (C=O) groups excluding carboxylic acids is 1. The fraction of sp³-hybridized carbons (Fsp3) is 0.400. The molecule has 31 heavy (non-hydrogen) atoms. The minimum atomic E-state index is -1.00. The standard InChI is InChI=1S/C20H25N5O6/c1-12-7-5-6-8-14(12)31-11-13(26)10-25-16-17(22-19(25)21-9-15(27)30-4)23(2)20(29)24(3)18(16)28/h5-8,13,26H,9-11H2,1-4H3,(H,21,22)/t13-/m0/s1. The lowest BCUT2D eigenvalue weighted by molar-refractivity contribution is -0.138. The maximum absolute atomic E-state index is 12.8. The molecule has 0 fully saturated rings. The number of ether oxygens (including phenoxy) is 2. The summed E-state index contributed by atoms with van der Waals surface area (Å²) in [4.78, 5) is 40.9. The van der Waals surface area contributed by atoms with Gasteiger partial charge in [0.2, 0.25) is 5.95 Å². The van der Waals surface area contributed by atoms with Crippen molar-refractivity contribution in [2.75, 3.05) is 25.6 Å². The number of rotatable bonds is 8. The van der Waals surface area contributed by atoms with Crippen LogP contribution in [0.4, 0.5) is 5.95 Å². The number of aryl methyl sites for hydroxylation is 2. The van der Waals surface area contributed by atoms with Gasteiger partial charge in [0, 0.05) is 14.1 Å². The van der Waals surface area contributed by atoms with Crippen molar-refractivity contribution in [1.82, 2.24) is 18.7 Å². The molecule has 1 atom stereocenters. The summed E-state index contributed by atoms with van der Waals surface area (Å²) >= 11 is 0. The Bertz CT molecular complexity index is 1230. The molecule has 0 aliphatic carbocycles. The van der Waals surface area contributed by atoms with Crippen molar-refractivity contribution < 1.29 is 19.4 Å². The lowest BCUT2D eigenvalue weighted by Gasteiger charge is -2.16. The van der Waals surface area contributed by atoms with E-state index in [1.807, 2.05) is 25.1 Å². The van der Waals surface area contributed by atoms with Crippen molar-refractivity contribution in [3.05, 3.63) is 50.7 Å². The van der Waals surface area contributed by atoms with E-state index in [1.54, 1.807) is 6.07 Å². The molecule has 11 heteroatoms. The number of anilines is 1. The number of nitrogens with zero attached hydrogens (tertiary/aromatic N) is 4. The van der Waals surface area contributed by atoms with Crippen LogP contribution in [0.2, 0.25) is 0 Å². The highest BCUT2D eigenvalue weighted by Crippen LogP contribution is 2.19. The fourth-order valence-corrected chi connectivity index (χ4v) is 3.15. The number of benzene rings is 1. The molecule has 3 rings (SSSR count). The van der Waals surface area contributed by atoms with Crippen LogP contribution in [-0.2, 0) is 30.2 Å². The van der Waals surface area contributed by atoms with E-state index in [4.69, 9.17) is 4.74 Å². The normalized spacial score (nSPS) is 12.0. The number of para-hydroxylation sites is 1. The molecule has 166 valence electrons. The molecule has 0 saturated carbocycles. The van der Waals surface area contributed by atoms with Gasteiger partial charge in [-0.3, -0.25) is 18.7 Å². The van der Waals surface area contributed by atoms with E-state index in [-0.39, 0.29) is 36.8 Å². The van der Waals surface area contributed by atoms with Crippen molar-refractivity contribution in [2.45, 2.75) is 19.6 Å². The quantitative estimate of drug-likeness (QED) is 0.468. The summed E-state index contributed by atoms with van der Waals surface area (Å²) in [5.74, 6) is 0.247. The van der Waals surface area contributed by atoms with Crippen molar-refractivity contribution >= 4 is 23.1 Å². The van der Waals surface area contributed by atoms with Crippen molar-refractivity contribution in [3.8, 4) is 5.75 Å². The molecule has 11 nitrogen and oxygen atoms in total. The van der Waals surface area contributed by atoms with Crippen LogP contribution in [0.15, 0.2) is 33.9 Å². The number of imidazole rings is 1. The Morgan fingerprint density at radius 3 is 2.61 bits per heavy atom. The first-order chi connectivity index (χ1) is 14.7. The first kappa shape index (κ1) is 22.1. The molecule has 0 spiro atoms. The number of nitrogens with one attached hydrogen (secondary N) is 1. The van der Waals surface area contributed by atoms with Gasteiger partial charge in [-0.05, 0) is 18.6 Å². The highest BCUT2D eigenvalue weighted by molar-refractivity contribution is 5.77. The third-order valence-corrected chi connectivity index (χ3v) is 4.88. The van der Waals surface area contributed by atoms with Crippen LogP contribution < -0.4 is 21.3 Å². The largest absolute Gasteiger partial charge is 0.491 e. The Morgan fingerprint density at radius 1 is 1.23 bits per heavy atom. The van der Waals surface area contributed by atoms with Crippen LogP contribution in [0, 0.1) is 6.92 Å². The molecule has 0 saturated heterocycles. The number of methoxy groups -OCH3 is 1. The Labute approximate surface area is 177 Å². The molecule has 0 amide bonds. The number of hydrogen-bond acceptors (Lipinski definition) is 8. The van der Waals surface area contributed by atoms with Gasteiger partial charge in [0.1, 0.15) is 25.0 Å². The number of carbonyl (C=O) groups is 1. The summed E-state index contributed by atoms with van der Waals surface area (Å²) in [6.45, 7) is 1.60. The molecule has 0 aliphatic heterocycles. The smallest absolute Gasteiger partial charge is 0.332 e. The van der Waals surface area contributed by atoms with Gasteiger partial charge in [-0.2, -0.15) is 4.98 Å². The SMILES string of the molecule is COC(=O)CNc1nc2c(c(=O)n(C)c(=O)n2C)n1C[C@H](O)COc1ccccc1C. The minimum absolute atomic E-state index is 0.0347. The second-order valence-electron chi connectivity index (χ2n) is 7.08. The van der Waals surface area contributed by atoms with Gasteiger partial charge in [0.05, 0.1) is 13.7 Å². The first-order valence-electron chi connectivity index (χ1n) is 9.58. The third kappa shape index (κ3) is 4.45. The lowest BCUT2D eigenvalue weighted by atomic mass is 10.2. The molecule has 3 aromatic rings. The van der Waals surface area contributed by atoms with Crippen molar-refractivity contribution in [1.29, 1.82) is 0 Å². The zero-order chi connectivity index (χ0) is 22.7. The molecule has 0 unspecified atom stereocenters. The molecule has 2 heterocycles. The van der Waals surface area contributed by atoms with E-state index in [0.717, 1.165) is 10.1 Å². The monoisotopic (exact) mass is 431 g/mol. The summed E-state index contributed by atoms with van der Waals surface area (Å²) in [5.41, 5.74) is 0.0697. The summed E-state index contributed by atoms with van der Waals surface area (Å²) in [5, 5.41) is 13.4. The van der Waals surface area contributed by atoms with Gasteiger partial charge in [-0.1, -0.05) is 18.2 Å². The van der Waals surface area contributed by atoms with Crippen molar-refractivity contribution in [2.24, 2.45) is 14.1 Å². The lowest BCUT2D eigenvalue weighted by Crippen LogP contribution is -2.38. The average molecular weight is 431 g/mol. The van der Waals surface area contributed by atoms with Crippen LogP contribution in [0.3, 0.4) is 0 Å². The van der Waals surface area contributed by atoms with E-state index in [2.05, 4.69) is 15.0 Å². The van der Waals surface area contributed by atoms with Crippen LogP contribution in [0.25, 0.3) is 11.2 Å². The molecule has 0 aliphatic rings. The average Bonchev–Trinajstić information content (AvgIpc) is 3.12. The van der Waals surface area contributed by atoms with E-state index < -0.39 is 23.3 Å². The summed E-state index contributed by atoms with van der Waals surface area (Å²) in [7, 11) is 4.10. The summed E-state index contributed by atoms with van der Waals surface area (Å²) in [6, 6.07) is 7.40. The number of hydrogen-bond donors (Lipinski definition) is 2. The number of aliphatic hydroxyl groups excluding tert-OH is 1. The highest BCUT2D eigenvalue weighted by atomic mass is 16.5. The summed E-state index contributed by atoms with van der Waals surface area (Å²) in [6.07, 6.45) is -1.00. The molecule has 2 N–H and O–H groups in total. The molecular formula is C20H25N5O6. The number of esters is 1. The van der Waals surface area contributed by atoms with E-state index in [0.29, 0.717) is 5.75 Å². The van der Waals surface area contributed by atoms with Crippen LogP contribution in [-0.4, -0.2) is 56.1 Å². The predicted molar refractivity (Wildman–Crippen MR) is 113 cm³/mol. The van der Waals surface area contributed by atoms with E-state index in [1.165, 1.54) is 30.3 Å². The van der Waals surface area contributed by atoms with Gasteiger partial charge in [-0.25, -0.2) is 4.79 Å². The Kier molecular flexibility index (Phi) is 6.44. The highest BCUT2D eigenvalue weighted by Gasteiger charge is 2.21. The predicted octanol–water partition coefficient (Wildman–Crippen LogP) is -0.233. The van der Waals surface area contributed by atoms with Crippen LogP contribution >= 0.6 is 0 Å².